The SMILES string of the molecule is O=C(O)C(F)(F)F.O=C1NCCc2[nH]c(-c3ccnc(-c4cc(F)c(F)c(F)c4)c3)cc21. The second kappa shape index (κ2) is 8.73. The van der Waals surface area contributed by atoms with Gasteiger partial charge in [0, 0.05) is 41.7 Å². The number of hydrogen-bond acceptors (Lipinski definition) is 3. The summed E-state index contributed by atoms with van der Waals surface area (Å²) in [5.41, 5.74) is 3.26. The van der Waals surface area contributed by atoms with Crippen LogP contribution in [0.4, 0.5) is 26.3 Å². The number of rotatable bonds is 2. The van der Waals surface area contributed by atoms with E-state index in [4.69, 9.17) is 9.90 Å². The van der Waals surface area contributed by atoms with Crippen LogP contribution < -0.4 is 5.32 Å². The third kappa shape index (κ3) is 4.90. The third-order valence-electron chi connectivity index (χ3n) is 4.40. The highest BCUT2D eigenvalue weighted by molar-refractivity contribution is 5.97. The van der Waals surface area contributed by atoms with Gasteiger partial charge in [0.2, 0.25) is 0 Å². The van der Waals surface area contributed by atoms with Crippen LogP contribution in [0.25, 0.3) is 22.5 Å². The summed E-state index contributed by atoms with van der Waals surface area (Å²) in [6.07, 6.45) is -2.89. The Kier molecular flexibility index (Phi) is 6.23. The van der Waals surface area contributed by atoms with Crippen LogP contribution in [-0.4, -0.2) is 39.7 Å². The van der Waals surface area contributed by atoms with Gasteiger partial charge in [-0.05, 0) is 30.3 Å². The maximum absolute atomic E-state index is 13.5. The molecule has 1 aliphatic heterocycles. The number of benzene rings is 1. The van der Waals surface area contributed by atoms with Gasteiger partial charge in [-0.15, -0.1) is 0 Å². The van der Waals surface area contributed by atoms with Crippen molar-refractivity contribution in [1.82, 2.24) is 15.3 Å². The maximum atomic E-state index is 13.5. The van der Waals surface area contributed by atoms with Crippen LogP contribution in [0.2, 0.25) is 0 Å². The second-order valence-corrected chi connectivity index (χ2v) is 6.57. The molecule has 0 radical (unpaired) electrons. The van der Waals surface area contributed by atoms with Crippen LogP contribution in [0.1, 0.15) is 16.1 Å². The zero-order valence-corrected chi connectivity index (χ0v) is 15.9. The fourth-order valence-electron chi connectivity index (χ4n) is 2.91. The predicted molar refractivity (Wildman–Crippen MR) is 99.1 cm³/mol. The van der Waals surface area contributed by atoms with Crippen LogP contribution in [0.5, 0.6) is 0 Å². The lowest BCUT2D eigenvalue weighted by Crippen LogP contribution is -2.31. The smallest absolute Gasteiger partial charge is 0.475 e. The minimum Gasteiger partial charge on any atom is -0.475 e. The molecule has 1 amide bonds. The largest absolute Gasteiger partial charge is 0.490 e. The number of carbonyl (C=O) groups is 2. The zero-order chi connectivity index (χ0) is 23.6. The molecule has 3 aromatic rings. The van der Waals surface area contributed by atoms with E-state index in [-0.39, 0.29) is 11.5 Å². The number of H-pyrrole nitrogens is 1. The number of aromatic amines is 1. The van der Waals surface area contributed by atoms with Crippen molar-refractivity contribution in [2.24, 2.45) is 0 Å². The van der Waals surface area contributed by atoms with E-state index in [1.54, 1.807) is 18.2 Å². The molecule has 12 heteroatoms. The Labute approximate surface area is 175 Å². The molecule has 0 saturated heterocycles. The number of pyridine rings is 1. The van der Waals surface area contributed by atoms with Crippen molar-refractivity contribution < 1.29 is 41.0 Å². The van der Waals surface area contributed by atoms with E-state index in [0.29, 0.717) is 35.5 Å². The zero-order valence-electron chi connectivity index (χ0n) is 15.9. The summed E-state index contributed by atoms with van der Waals surface area (Å²) >= 11 is 0. The van der Waals surface area contributed by atoms with Crippen molar-refractivity contribution in [3.63, 3.8) is 0 Å². The van der Waals surface area contributed by atoms with Crippen LogP contribution in [-0.2, 0) is 11.2 Å². The van der Waals surface area contributed by atoms with Crippen molar-refractivity contribution in [2.45, 2.75) is 12.6 Å². The number of aliphatic carboxylic acids is 1. The molecule has 3 heterocycles. The Morgan fingerprint density at radius 3 is 2.22 bits per heavy atom. The summed E-state index contributed by atoms with van der Waals surface area (Å²) in [6, 6.07) is 6.88. The number of halogens is 6. The van der Waals surface area contributed by atoms with Crippen molar-refractivity contribution in [1.29, 1.82) is 0 Å². The van der Waals surface area contributed by atoms with Gasteiger partial charge in [-0.3, -0.25) is 9.78 Å². The van der Waals surface area contributed by atoms with Gasteiger partial charge >= 0.3 is 12.1 Å². The molecule has 168 valence electrons. The molecule has 0 atom stereocenters. The third-order valence-corrected chi connectivity index (χ3v) is 4.40. The Hall–Kier alpha value is -3.83. The summed E-state index contributed by atoms with van der Waals surface area (Å²) in [6.45, 7) is 0.571. The first-order valence-electron chi connectivity index (χ1n) is 8.89. The van der Waals surface area contributed by atoms with Gasteiger partial charge in [-0.2, -0.15) is 13.2 Å². The lowest BCUT2D eigenvalue weighted by Gasteiger charge is -2.11. The summed E-state index contributed by atoms with van der Waals surface area (Å²) in [4.78, 5) is 28.0. The van der Waals surface area contributed by atoms with Gasteiger partial charge in [-0.1, -0.05) is 0 Å². The number of nitrogens with zero attached hydrogens (tertiary/aromatic N) is 1. The summed E-state index contributed by atoms with van der Waals surface area (Å²) in [5, 5.41) is 9.89. The Morgan fingerprint density at radius 1 is 1.03 bits per heavy atom. The van der Waals surface area contributed by atoms with E-state index in [2.05, 4.69) is 15.3 Å². The van der Waals surface area contributed by atoms with Crippen molar-refractivity contribution in [3.8, 4) is 22.5 Å². The summed E-state index contributed by atoms with van der Waals surface area (Å²) in [5.74, 6) is -6.94. The fraction of sp³-hybridized carbons (Fsp3) is 0.150. The number of carbonyl (C=O) groups excluding carboxylic acids is 1. The second-order valence-electron chi connectivity index (χ2n) is 6.57. The van der Waals surface area contributed by atoms with Gasteiger partial charge in [-0.25, -0.2) is 18.0 Å². The van der Waals surface area contributed by atoms with Crippen LogP contribution >= 0.6 is 0 Å². The lowest BCUT2D eigenvalue weighted by atomic mass is 10.1. The molecule has 0 spiro atoms. The monoisotopic (exact) mass is 457 g/mol. The highest BCUT2D eigenvalue weighted by atomic mass is 19.4. The first kappa shape index (κ1) is 22.8. The fourth-order valence-corrected chi connectivity index (χ4v) is 2.91. The lowest BCUT2D eigenvalue weighted by molar-refractivity contribution is -0.192. The molecular weight excluding hydrogens is 444 g/mol. The quantitative estimate of drug-likeness (QED) is 0.399. The number of hydrogen-bond donors (Lipinski definition) is 3. The summed E-state index contributed by atoms with van der Waals surface area (Å²) < 4.78 is 71.8. The molecule has 0 bridgehead atoms. The molecule has 6 nitrogen and oxygen atoms in total. The number of fused-ring (bicyclic) bond motifs is 1. The maximum Gasteiger partial charge on any atom is 0.490 e. The minimum absolute atomic E-state index is 0.132. The highest BCUT2D eigenvalue weighted by Crippen LogP contribution is 2.28. The van der Waals surface area contributed by atoms with E-state index in [1.165, 1.54) is 6.20 Å². The first-order valence-corrected chi connectivity index (χ1v) is 8.89. The van der Waals surface area contributed by atoms with Crippen molar-refractivity contribution >= 4 is 11.9 Å². The molecule has 0 aliphatic carbocycles. The van der Waals surface area contributed by atoms with Crippen LogP contribution in [0.3, 0.4) is 0 Å². The van der Waals surface area contributed by atoms with E-state index in [1.807, 2.05) is 0 Å². The van der Waals surface area contributed by atoms with E-state index in [9.17, 15) is 31.1 Å². The average molecular weight is 457 g/mol. The Bertz CT molecular complexity index is 1170. The molecule has 1 aliphatic rings. The van der Waals surface area contributed by atoms with Gasteiger partial charge in [0.15, 0.2) is 17.5 Å². The summed E-state index contributed by atoms with van der Waals surface area (Å²) in [7, 11) is 0. The molecule has 1 aromatic carbocycles. The Balaban J connectivity index is 0.000000360. The van der Waals surface area contributed by atoms with E-state index >= 15 is 0 Å². The number of aromatic nitrogens is 2. The first-order chi connectivity index (χ1) is 15.0. The molecule has 32 heavy (non-hydrogen) atoms. The molecule has 4 rings (SSSR count). The van der Waals surface area contributed by atoms with Gasteiger partial charge in [0.1, 0.15) is 0 Å². The van der Waals surface area contributed by atoms with Crippen LogP contribution in [0.15, 0.2) is 36.5 Å². The molecular formula is C20H13F6N3O3. The minimum atomic E-state index is -5.08. The topological polar surface area (TPSA) is 95.1 Å². The van der Waals surface area contributed by atoms with Gasteiger partial charge in [0.05, 0.1) is 11.3 Å². The predicted octanol–water partition coefficient (Wildman–Crippen LogP) is 4.08. The standard InChI is InChI=1S/C18H12F3N3O.C2HF3O2/c19-12-5-10(6-13(20)17(12)21)15-7-9(1-3-22-15)16-8-11-14(24-16)2-4-23-18(11)25;3-2(4,5)1(6)7/h1,3,5-8,24H,2,4H2,(H,23,25);(H,6,7). The van der Waals surface area contributed by atoms with Gasteiger partial charge < -0.3 is 15.4 Å². The van der Waals surface area contributed by atoms with Gasteiger partial charge in [0.25, 0.3) is 5.91 Å². The molecule has 2 aromatic heterocycles. The molecule has 0 unspecified atom stereocenters. The number of nitrogens with one attached hydrogen (secondary N) is 2. The van der Waals surface area contributed by atoms with E-state index < -0.39 is 29.6 Å². The average Bonchev–Trinajstić information content (AvgIpc) is 3.17. The normalized spacial score (nSPS) is 13.0. The highest BCUT2D eigenvalue weighted by Gasteiger charge is 2.38. The number of carboxylic acids is 1. The molecule has 0 fully saturated rings. The van der Waals surface area contributed by atoms with E-state index in [0.717, 1.165) is 17.8 Å². The number of alkyl halides is 3. The van der Waals surface area contributed by atoms with Crippen LogP contribution in [0, 0.1) is 17.5 Å². The number of amides is 1. The molecule has 3 N–H and O–H groups in total. The number of carboxylic acid groups (broad SMARTS) is 1. The molecule has 0 saturated carbocycles. The van der Waals surface area contributed by atoms with Crippen molar-refractivity contribution in [3.05, 3.63) is 65.2 Å². The Morgan fingerprint density at radius 2 is 1.66 bits per heavy atom. The van der Waals surface area contributed by atoms with Crippen molar-refractivity contribution in [2.75, 3.05) is 6.54 Å².